The van der Waals surface area contributed by atoms with Crippen LogP contribution in [0.4, 0.5) is 4.39 Å². The second kappa shape index (κ2) is 6.69. The molecular weight excluding hydrogens is 255 g/mol. The van der Waals surface area contributed by atoms with Crippen LogP contribution in [-0.2, 0) is 11.3 Å². The molecular formula is C16H21FN2O. The zero-order chi connectivity index (χ0) is 14.5. The zero-order valence-corrected chi connectivity index (χ0v) is 12.0. The number of hydrogen-bond acceptors (Lipinski definition) is 3. The highest BCUT2D eigenvalue weighted by atomic mass is 19.1. The van der Waals surface area contributed by atoms with E-state index in [9.17, 15) is 9.18 Å². The second-order valence-corrected chi connectivity index (χ2v) is 5.17. The van der Waals surface area contributed by atoms with Crippen molar-refractivity contribution in [2.75, 3.05) is 6.54 Å². The molecule has 1 aromatic rings. The maximum absolute atomic E-state index is 13.0. The number of hydrogen-bond donors (Lipinski definition) is 1. The van der Waals surface area contributed by atoms with Crippen molar-refractivity contribution in [3.63, 3.8) is 0 Å². The van der Waals surface area contributed by atoms with Crippen molar-refractivity contribution in [2.24, 2.45) is 0 Å². The zero-order valence-electron chi connectivity index (χ0n) is 12.0. The van der Waals surface area contributed by atoms with Gasteiger partial charge in [0.25, 0.3) is 0 Å². The van der Waals surface area contributed by atoms with Crippen molar-refractivity contribution < 1.29 is 9.18 Å². The lowest BCUT2D eigenvalue weighted by atomic mass is 10.0. The number of nitrogens with one attached hydrogen (secondary N) is 1. The van der Waals surface area contributed by atoms with Gasteiger partial charge in [-0.3, -0.25) is 0 Å². The summed E-state index contributed by atoms with van der Waals surface area (Å²) in [7, 11) is 0. The molecule has 1 N–H and O–H groups in total. The number of benzene rings is 1. The topological polar surface area (TPSA) is 32.3 Å². The molecule has 0 amide bonds. The summed E-state index contributed by atoms with van der Waals surface area (Å²) < 4.78 is 13.0. The Labute approximate surface area is 119 Å². The van der Waals surface area contributed by atoms with Crippen LogP contribution in [0.25, 0.3) is 0 Å². The van der Waals surface area contributed by atoms with E-state index < -0.39 is 0 Å². The monoisotopic (exact) mass is 276 g/mol. The van der Waals surface area contributed by atoms with E-state index >= 15 is 0 Å². The minimum atomic E-state index is -0.237. The highest BCUT2D eigenvalue weighted by molar-refractivity contribution is 5.54. The van der Waals surface area contributed by atoms with E-state index in [2.05, 4.69) is 30.0 Å². The van der Waals surface area contributed by atoms with Gasteiger partial charge in [-0.05, 0) is 30.5 Å². The van der Waals surface area contributed by atoms with Gasteiger partial charge < -0.3 is 10.2 Å². The predicted molar refractivity (Wildman–Crippen MR) is 77.3 cm³/mol. The molecule has 1 heterocycles. The Kier molecular flexibility index (Phi) is 4.94. The number of piperazine rings is 1. The van der Waals surface area contributed by atoms with Crippen LogP contribution >= 0.6 is 0 Å². The molecule has 0 spiro atoms. The summed E-state index contributed by atoms with van der Waals surface area (Å²) in [5.74, 6) is 1.87. The summed E-state index contributed by atoms with van der Waals surface area (Å²) in [6, 6.07) is 6.80. The molecule has 1 aliphatic heterocycles. The average molecular weight is 276 g/mol. The normalized spacial score (nSPS) is 22.8. The molecule has 0 radical (unpaired) electrons. The first kappa shape index (κ1) is 14.8. The van der Waals surface area contributed by atoms with Crippen LogP contribution < -0.4 is 5.32 Å². The summed E-state index contributed by atoms with van der Waals surface area (Å²) in [6.07, 6.45) is 1.82. The van der Waals surface area contributed by atoms with Crippen LogP contribution in [-0.4, -0.2) is 29.5 Å². The third-order valence-electron chi connectivity index (χ3n) is 3.93. The van der Waals surface area contributed by atoms with Gasteiger partial charge in [-0.1, -0.05) is 26.0 Å². The lowest BCUT2D eigenvalue weighted by Crippen LogP contribution is -2.54. The molecule has 1 aromatic carbocycles. The molecule has 0 aliphatic carbocycles. The second-order valence-electron chi connectivity index (χ2n) is 5.17. The van der Waals surface area contributed by atoms with Crippen molar-refractivity contribution in [1.82, 2.24) is 10.2 Å². The van der Waals surface area contributed by atoms with Crippen molar-refractivity contribution in [2.45, 2.75) is 45.3 Å². The minimum Gasteiger partial charge on any atom is -0.356 e. The van der Waals surface area contributed by atoms with Crippen molar-refractivity contribution >= 4 is 5.94 Å². The van der Waals surface area contributed by atoms with Crippen LogP contribution in [0.2, 0.25) is 0 Å². The molecule has 1 aliphatic rings. The van der Waals surface area contributed by atoms with Crippen LogP contribution in [0.1, 0.15) is 32.3 Å². The fourth-order valence-electron chi connectivity index (χ4n) is 2.71. The van der Waals surface area contributed by atoms with E-state index in [0.717, 1.165) is 24.9 Å². The van der Waals surface area contributed by atoms with Gasteiger partial charge in [0, 0.05) is 19.1 Å². The van der Waals surface area contributed by atoms with Gasteiger partial charge in [0.15, 0.2) is 0 Å². The lowest BCUT2D eigenvalue weighted by molar-refractivity contribution is 0.173. The standard InChI is InChI=1S/C16H21FN2O/c1-3-14-9-18-15(4-2)16(11-20)19(14)10-12-5-7-13(17)8-6-12/h5-8,14-15,18H,3-4,9-10H2,1-2H3. The first-order chi connectivity index (χ1) is 9.69. The highest BCUT2D eigenvalue weighted by Gasteiger charge is 2.30. The molecule has 2 rings (SSSR count). The van der Waals surface area contributed by atoms with E-state index in [-0.39, 0.29) is 17.9 Å². The summed E-state index contributed by atoms with van der Waals surface area (Å²) in [5, 5.41) is 3.39. The van der Waals surface area contributed by atoms with Crippen LogP contribution in [0.15, 0.2) is 30.0 Å². The third-order valence-corrected chi connectivity index (χ3v) is 3.93. The summed E-state index contributed by atoms with van der Waals surface area (Å²) in [4.78, 5) is 13.5. The van der Waals surface area contributed by atoms with Crippen molar-refractivity contribution in [3.05, 3.63) is 41.3 Å². The first-order valence-electron chi connectivity index (χ1n) is 7.19. The minimum absolute atomic E-state index is 0.0655. The smallest absolute Gasteiger partial charge is 0.147 e. The van der Waals surface area contributed by atoms with Gasteiger partial charge >= 0.3 is 0 Å². The molecule has 2 atom stereocenters. The summed E-state index contributed by atoms with van der Waals surface area (Å²) in [6.45, 7) is 5.65. The molecule has 4 heteroatoms. The summed E-state index contributed by atoms with van der Waals surface area (Å²) in [5.41, 5.74) is 1.70. The summed E-state index contributed by atoms with van der Waals surface area (Å²) >= 11 is 0. The Hall–Kier alpha value is -1.64. The molecule has 1 fully saturated rings. The molecule has 2 unspecified atom stereocenters. The quantitative estimate of drug-likeness (QED) is 0.858. The molecule has 108 valence electrons. The van der Waals surface area contributed by atoms with Gasteiger partial charge in [-0.15, -0.1) is 0 Å². The van der Waals surface area contributed by atoms with Crippen molar-refractivity contribution in [3.8, 4) is 0 Å². The van der Waals surface area contributed by atoms with Gasteiger partial charge in [-0.2, -0.15) is 0 Å². The third kappa shape index (κ3) is 3.09. The van der Waals surface area contributed by atoms with Crippen molar-refractivity contribution in [1.29, 1.82) is 0 Å². The molecule has 1 saturated heterocycles. The Morgan fingerprint density at radius 1 is 1.30 bits per heavy atom. The maximum Gasteiger partial charge on any atom is 0.147 e. The van der Waals surface area contributed by atoms with Gasteiger partial charge in [0.2, 0.25) is 0 Å². The van der Waals surface area contributed by atoms with Gasteiger partial charge in [0.1, 0.15) is 17.5 Å². The van der Waals surface area contributed by atoms with E-state index in [1.807, 2.05) is 0 Å². The lowest BCUT2D eigenvalue weighted by Gasteiger charge is -2.41. The molecule has 0 saturated carbocycles. The van der Waals surface area contributed by atoms with Crippen LogP contribution in [0, 0.1) is 5.82 Å². The average Bonchev–Trinajstić information content (AvgIpc) is 2.48. The van der Waals surface area contributed by atoms with Crippen LogP contribution in [0.3, 0.4) is 0 Å². The van der Waals surface area contributed by atoms with E-state index in [4.69, 9.17) is 0 Å². The Balaban J connectivity index is 2.23. The highest BCUT2D eigenvalue weighted by Crippen LogP contribution is 2.23. The van der Waals surface area contributed by atoms with E-state index in [1.165, 1.54) is 12.1 Å². The Morgan fingerprint density at radius 3 is 2.55 bits per heavy atom. The number of rotatable bonds is 4. The Bertz CT molecular complexity index is 494. The SMILES string of the molecule is CCC1NCC(CC)N(Cc2ccc(F)cc2)C1=C=O. The van der Waals surface area contributed by atoms with E-state index in [1.54, 1.807) is 12.1 Å². The maximum atomic E-state index is 13.0. The Morgan fingerprint density at radius 2 is 2.00 bits per heavy atom. The predicted octanol–water partition coefficient (Wildman–Crippen LogP) is 2.50. The first-order valence-corrected chi connectivity index (χ1v) is 7.19. The largest absolute Gasteiger partial charge is 0.356 e. The van der Waals surface area contributed by atoms with Crippen LogP contribution in [0.5, 0.6) is 0 Å². The molecule has 0 aromatic heterocycles. The van der Waals surface area contributed by atoms with Gasteiger partial charge in [-0.25, -0.2) is 9.18 Å². The van der Waals surface area contributed by atoms with Gasteiger partial charge in [0.05, 0.1) is 6.04 Å². The number of halogens is 1. The number of nitrogens with zero attached hydrogens (tertiary/aromatic N) is 1. The number of carbonyl (C=O) groups excluding carboxylic acids is 1. The molecule has 0 bridgehead atoms. The fraction of sp³-hybridized carbons (Fsp3) is 0.500. The fourth-order valence-corrected chi connectivity index (χ4v) is 2.71. The molecule has 3 nitrogen and oxygen atoms in total. The van der Waals surface area contributed by atoms with E-state index in [0.29, 0.717) is 12.2 Å². The molecule has 20 heavy (non-hydrogen) atoms.